The van der Waals surface area contributed by atoms with Gasteiger partial charge in [0.15, 0.2) is 5.43 Å². The number of hydrogen-bond donors (Lipinski definition) is 1. The summed E-state index contributed by atoms with van der Waals surface area (Å²) in [5.74, 6) is -2.13. The maximum Gasteiger partial charge on any atom is 0.198 e. The minimum atomic E-state index is -1.57. The fourth-order valence-electron chi connectivity index (χ4n) is 3.19. The normalized spacial score (nSPS) is 14.7. The number of nitrogens with zero attached hydrogens (tertiary/aromatic N) is 3. The van der Waals surface area contributed by atoms with Gasteiger partial charge in [0.1, 0.15) is 10.1 Å². The van der Waals surface area contributed by atoms with Crippen LogP contribution in [0.25, 0.3) is 10.9 Å². The molecule has 1 aromatic carbocycles. The number of fused-ring (bicyclic) bond motifs is 1. The number of aromatic carboxylic acids is 1. The molecule has 1 fully saturated rings. The number of aromatic nitrogens is 1. The Labute approximate surface area is 160 Å². The van der Waals surface area contributed by atoms with Crippen molar-refractivity contribution in [3.8, 4) is 0 Å². The van der Waals surface area contributed by atoms with E-state index in [1.165, 1.54) is 6.20 Å². The number of thiol groups is 1. The van der Waals surface area contributed by atoms with Crippen molar-refractivity contribution in [1.29, 1.82) is 0 Å². The van der Waals surface area contributed by atoms with Crippen molar-refractivity contribution >= 4 is 51.7 Å². The topological polar surface area (TPSA) is 68.6 Å². The van der Waals surface area contributed by atoms with Crippen LogP contribution in [0.15, 0.2) is 23.1 Å². The fourth-order valence-corrected chi connectivity index (χ4v) is 3.57. The number of piperazine rings is 1. The van der Waals surface area contributed by atoms with E-state index in [1.54, 1.807) is 10.6 Å². The summed E-state index contributed by atoms with van der Waals surface area (Å²) in [5, 5.41) is 11.2. The van der Waals surface area contributed by atoms with Gasteiger partial charge in [-0.3, -0.25) is 4.79 Å². The molecule has 1 aromatic heterocycles. The Morgan fingerprint density at radius 3 is 2.50 bits per heavy atom. The lowest BCUT2D eigenvalue weighted by molar-refractivity contribution is -0.255. The van der Waals surface area contributed by atoms with Gasteiger partial charge in [0.2, 0.25) is 0 Å². The summed E-state index contributed by atoms with van der Waals surface area (Å²) in [6.07, 6.45) is 1.25. The first-order valence-corrected chi connectivity index (χ1v) is 9.00. The molecule has 0 atom stereocenters. The second kappa shape index (κ2) is 7.24. The number of carboxylic acid groups (broad SMARTS) is 1. The average Bonchev–Trinajstić information content (AvgIpc) is 2.62. The average molecular weight is 394 g/mol. The van der Waals surface area contributed by atoms with Crippen molar-refractivity contribution < 1.29 is 14.3 Å². The Morgan fingerprint density at radius 2 is 1.96 bits per heavy atom. The predicted molar refractivity (Wildman–Crippen MR) is 104 cm³/mol. The van der Waals surface area contributed by atoms with Crippen molar-refractivity contribution in [3.05, 3.63) is 39.9 Å². The Kier molecular flexibility index (Phi) is 5.19. The molecule has 0 N–H and O–H groups in total. The molecule has 0 bridgehead atoms. The number of carboxylic acids is 1. The summed E-state index contributed by atoms with van der Waals surface area (Å²) in [6, 6.07) is 2.71. The summed E-state index contributed by atoms with van der Waals surface area (Å²) in [6.45, 7) is 4.64. The quantitative estimate of drug-likeness (QED) is 0.615. The zero-order chi connectivity index (χ0) is 19.0. The number of aryl methyl sites for hydroxylation is 1. The summed E-state index contributed by atoms with van der Waals surface area (Å²) in [5.41, 5.74) is -0.334. The molecule has 138 valence electrons. The Hall–Kier alpha value is -2.13. The van der Waals surface area contributed by atoms with Gasteiger partial charge < -0.3 is 24.3 Å². The van der Waals surface area contributed by atoms with E-state index in [-0.39, 0.29) is 5.39 Å². The Balaban J connectivity index is 2.08. The first-order valence-electron chi connectivity index (χ1n) is 8.14. The highest BCUT2D eigenvalue weighted by atomic mass is 32.1. The second-order valence-corrected chi connectivity index (χ2v) is 7.14. The van der Waals surface area contributed by atoms with Gasteiger partial charge in [0.05, 0.1) is 22.7 Å². The van der Waals surface area contributed by atoms with Gasteiger partial charge in [0, 0.05) is 44.3 Å². The number of thiocarbonyl (C=S) groups is 1. The number of halogens is 1. The lowest BCUT2D eigenvalue weighted by Gasteiger charge is -2.36. The third kappa shape index (κ3) is 3.28. The molecule has 2 aromatic rings. The zero-order valence-corrected chi connectivity index (χ0v) is 15.8. The lowest BCUT2D eigenvalue weighted by atomic mass is 10.1. The summed E-state index contributed by atoms with van der Waals surface area (Å²) < 4.78 is 16.8. The highest BCUT2D eigenvalue weighted by Gasteiger charge is 2.22. The minimum absolute atomic E-state index is 0.0324. The predicted octanol–water partition coefficient (Wildman–Crippen LogP) is 0.861. The van der Waals surface area contributed by atoms with Crippen LogP contribution in [0, 0.1) is 5.82 Å². The summed E-state index contributed by atoms with van der Waals surface area (Å²) >= 11 is 9.21. The van der Waals surface area contributed by atoms with Crippen molar-refractivity contribution in [1.82, 2.24) is 9.47 Å². The van der Waals surface area contributed by atoms with Gasteiger partial charge in [-0.1, -0.05) is 12.2 Å². The Bertz CT molecular complexity index is 952. The van der Waals surface area contributed by atoms with E-state index in [4.69, 9.17) is 12.2 Å². The van der Waals surface area contributed by atoms with Crippen LogP contribution in [0.5, 0.6) is 0 Å². The fraction of sp³-hybridized carbons (Fsp3) is 0.353. The third-order valence-corrected chi connectivity index (χ3v) is 5.14. The van der Waals surface area contributed by atoms with Gasteiger partial charge >= 0.3 is 0 Å². The van der Waals surface area contributed by atoms with Crippen molar-refractivity contribution in [2.24, 2.45) is 0 Å². The first-order chi connectivity index (χ1) is 12.3. The van der Waals surface area contributed by atoms with Crippen LogP contribution in [0.3, 0.4) is 0 Å². The zero-order valence-electron chi connectivity index (χ0n) is 14.1. The van der Waals surface area contributed by atoms with Crippen LogP contribution in [0.2, 0.25) is 0 Å². The van der Waals surface area contributed by atoms with Gasteiger partial charge in [-0.25, -0.2) is 4.39 Å². The van der Waals surface area contributed by atoms with Crippen molar-refractivity contribution in [2.45, 2.75) is 13.5 Å². The molecule has 0 unspecified atom stereocenters. The number of pyridine rings is 1. The molecule has 0 saturated carbocycles. The van der Waals surface area contributed by atoms with E-state index in [2.05, 4.69) is 12.6 Å². The van der Waals surface area contributed by atoms with E-state index in [9.17, 15) is 19.1 Å². The molecule has 0 radical (unpaired) electrons. The van der Waals surface area contributed by atoms with Gasteiger partial charge in [-0.15, -0.1) is 12.6 Å². The molecular weight excluding hydrogens is 377 g/mol. The molecule has 6 nitrogen and oxygen atoms in total. The molecule has 2 heterocycles. The van der Waals surface area contributed by atoms with Gasteiger partial charge in [-0.05, 0) is 19.1 Å². The smallest absolute Gasteiger partial charge is 0.198 e. The largest absolute Gasteiger partial charge is 0.545 e. The highest BCUT2D eigenvalue weighted by molar-refractivity contribution is 8.10. The number of anilines is 1. The van der Waals surface area contributed by atoms with Crippen LogP contribution in [-0.2, 0) is 6.54 Å². The summed E-state index contributed by atoms with van der Waals surface area (Å²) in [7, 11) is 0. The monoisotopic (exact) mass is 394 g/mol. The van der Waals surface area contributed by atoms with E-state index in [0.717, 1.165) is 6.07 Å². The molecule has 0 amide bonds. The van der Waals surface area contributed by atoms with E-state index in [0.29, 0.717) is 48.2 Å². The first kappa shape index (κ1) is 18.7. The van der Waals surface area contributed by atoms with Crippen LogP contribution in [0.1, 0.15) is 17.3 Å². The molecular formula is C17H17FN3O3S2-. The molecule has 1 saturated heterocycles. The Morgan fingerprint density at radius 1 is 1.31 bits per heavy atom. The van der Waals surface area contributed by atoms with Crippen molar-refractivity contribution in [3.63, 3.8) is 0 Å². The number of hydrogen-bond acceptors (Lipinski definition) is 5. The standard InChI is InChI=1S/C17H18FN3O3S2/c1-2-19-9-11(16(23)24)15(22)10-7-12(18)14(8-13(10)19)20-3-5-21(6-4-20)17(25)26/h7-9H,2-6H2,1H3,(H,23,24)(H,25,26)/p-1. The molecule has 1 aliphatic rings. The molecule has 0 spiro atoms. The number of carbonyl (C=O) groups is 1. The van der Waals surface area contributed by atoms with E-state index >= 15 is 0 Å². The third-order valence-electron chi connectivity index (χ3n) is 4.60. The molecule has 9 heteroatoms. The van der Waals surface area contributed by atoms with Gasteiger partial charge in [-0.2, -0.15) is 0 Å². The maximum atomic E-state index is 14.7. The van der Waals surface area contributed by atoms with Crippen molar-refractivity contribution in [2.75, 3.05) is 31.1 Å². The van der Waals surface area contributed by atoms with Crippen LogP contribution >= 0.6 is 24.8 Å². The van der Waals surface area contributed by atoms with Crippen LogP contribution in [-0.4, -0.2) is 45.9 Å². The molecule has 0 aliphatic carbocycles. The minimum Gasteiger partial charge on any atom is -0.545 e. The van der Waals surface area contributed by atoms with Crippen LogP contribution < -0.4 is 15.4 Å². The number of carbonyl (C=O) groups excluding carboxylic acids is 1. The number of rotatable bonds is 3. The van der Waals surface area contributed by atoms with E-state index in [1.807, 2.05) is 16.7 Å². The molecule has 1 aliphatic heterocycles. The second-order valence-electron chi connectivity index (χ2n) is 6.02. The van der Waals surface area contributed by atoms with E-state index < -0.39 is 22.8 Å². The number of benzene rings is 1. The summed E-state index contributed by atoms with van der Waals surface area (Å²) in [4.78, 5) is 27.3. The molecule has 3 rings (SSSR count). The lowest BCUT2D eigenvalue weighted by Crippen LogP contribution is -2.47. The molecule has 26 heavy (non-hydrogen) atoms. The van der Waals surface area contributed by atoms with Gasteiger partial charge in [0.25, 0.3) is 0 Å². The highest BCUT2D eigenvalue weighted by Crippen LogP contribution is 2.26. The SMILES string of the molecule is CCn1cc(C(=O)[O-])c(=O)c2cc(F)c(N3CCN(C(=S)S)CC3)cc21. The van der Waals surface area contributed by atoms with Crippen LogP contribution in [0.4, 0.5) is 10.1 Å². The maximum absolute atomic E-state index is 14.7.